The molecule has 82 valence electrons. The normalized spacial score (nSPS) is 20.5. The molecule has 0 saturated carbocycles. The van der Waals surface area contributed by atoms with Crippen LogP contribution < -0.4 is 10.1 Å². The molecule has 1 N–H and O–H groups in total. The molecule has 1 aliphatic rings. The number of pyridine rings is 1. The third-order valence-corrected chi connectivity index (χ3v) is 3.06. The lowest BCUT2D eigenvalue weighted by Gasteiger charge is -2.12. The van der Waals surface area contributed by atoms with Crippen LogP contribution in [0.15, 0.2) is 16.7 Å². The number of nitrogens with one attached hydrogen (secondary N) is 1. The van der Waals surface area contributed by atoms with E-state index < -0.39 is 0 Å². The summed E-state index contributed by atoms with van der Waals surface area (Å²) in [5.74, 6) is 0.508. The minimum absolute atomic E-state index is 0.437. The van der Waals surface area contributed by atoms with Crippen LogP contribution in [-0.2, 0) is 0 Å². The van der Waals surface area contributed by atoms with Crippen molar-refractivity contribution in [1.82, 2.24) is 10.3 Å². The zero-order valence-corrected chi connectivity index (χ0v) is 10.5. The van der Waals surface area contributed by atoms with Gasteiger partial charge in [0.25, 0.3) is 0 Å². The van der Waals surface area contributed by atoms with Gasteiger partial charge in [0.2, 0.25) is 5.88 Å². The van der Waals surface area contributed by atoms with Crippen molar-refractivity contribution in [3.05, 3.63) is 21.8 Å². The van der Waals surface area contributed by atoms with Gasteiger partial charge in [-0.05, 0) is 41.4 Å². The molecule has 1 fully saturated rings. The van der Waals surface area contributed by atoms with Crippen LogP contribution in [0.4, 0.5) is 0 Å². The summed E-state index contributed by atoms with van der Waals surface area (Å²) in [7, 11) is 0. The summed E-state index contributed by atoms with van der Waals surface area (Å²) in [6, 6.07) is 2.22. The lowest BCUT2D eigenvalue weighted by molar-refractivity contribution is 0.267. The molecule has 1 aromatic heterocycles. The summed E-state index contributed by atoms with van der Waals surface area (Å²) in [6.45, 7) is 1.71. The molecule has 0 amide bonds. The Bertz CT molecular complexity index is 342. The van der Waals surface area contributed by atoms with Crippen molar-refractivity contribution in [2.24, 2.45) is 0 Å². The summed E-state index contributed by atoms with van der Waals surface area (Å²) in [4.78, 5) is 4.11. The van der Waals surface area contributed by atoms with Crippen LogP contribution in [0.5, 0.6) is 5.88 Å². The van der Waals surface area contributed by atoms with Crippen molar-refractivity contribution in [2.75, 3.05) is 13.2 Å². The molecular formula is C10H12BrClN2O. The van der Waals surface area contributed by atoms with E-state index in [9.17, 15) is 0 Å². The number of hydrogen-bond acceptors (Lipinski definition) is 3. The molecule has 1 aromatic rings. The summed E-state index contributed by atoms with van der Waals surface area (Å²) in [5.41, 5.74) is 0. The second-order valence-corrected chi connectivity index (χ2v) is 4.87. The van der Waals surface area contributed by atoms with Crippen LogP contribution in [0, 0.1) is 0 Å². The van der Waals surface area contributed by atoms with E-state index in [1.165, 1.54) is 6.42 Å². The van der Waals surface area contributed by atoms with Crippen molar-refractivity contribution in [2.45, 2.75) is 18.9 Å². The summed E-state index contributed by atoms with van der Waals surface area (Å²) in [6.07, 6.45) is 4.06. The van der Waals surface area contributed by atoms with Crippen LogP contribution in [0.2, 0.25) is 5.02 Å². The zero-order chi connectivity index (χ0) is 10.7. The van der Waals surface area contributed by atoms with Crippen molar-refractivity contribution in [3.63, 3.8) is 0 Å². The lowest BCUT2D eigenvalue weighted by Crippen LogP contribution is -2.28. The molecule has 1 saturated heterocycles. The number of nitrogens with zero attached hydrogens (tertiary/aromatic N) is 1. The van der Waals surface area contributed by atoms with E-state index in [0.29, 0.717) is 23.6 Å². The van der Waals surface area contributed by atoms with Crippen molar-refractivity contribution < 1.29 is 4.74 Å². The lowest BCUT2D eigenvalue weighted by atomic mass is 10.2. The van der Waals surface area contributed by atoms with Crippen LogP contribution in [0.25, 0.3) is 0 Å². The Balaban J connectivity index is 1.92. The molecule has 5 heteroatoms. The number of rotatable bonds is 3. The molecule has 15 heavy (non-hydrogen) atoms. The minimum Gasteiger partial charge on any atom is -0.475 e. The molecule has 0 aliphatic carbocycles. The summed E-state index contributed by atoms with van der Waals surface area (Å²) in [5, 5.41) is 3.90. The first kappa shape index (κ1) is 11.2. The molecule has 1 atom stereocenters. The Morgan fingerprint density at radius 2 is 2.53 bits per heavy atom. The molecule has 1 unspecified atom stereocenters. The maximum absolute atomic E-state index is 5.98. The van der Waals surface area contributed by atoms with Gasteiger partial charge in [0.1, 0.15) is 11.6 Å². The molecular weight excluding hydrogens is 279 g/mol. The Morgan fingerprint density at radius 3 is 3.20 bits per heavy atom. The zero-order valence-electron chi connectivity index (χ0n) is 8.17. The van der Waals surface area contributed by atoms with E-state index >= 15 is 0 Å². The molecule has 2 rings (SSSR count). The Morgan fingerprint density at radius 1 is 1.67 bits per heavy atom. The summed E-state index contributed by atoms with van der Waals surface area (Å²) < 4.78 is 6.41. The van der Waals surface area contributed by atoms with Crippen LogP contribution >= 0.6 is 27.5 Å². The fourth-order valence-electron chi connectivity index (χ4n) is 1.59. The van der Waals surface area contributed by atoms with Crippen molar-refractivity contribution in [1.29, 1.82) is 0 Å². The van der Waals surface area contributed by atoms with Gasteiger partial charge in [-0.3, -0.25) is 0 Å². The molecule has 1 aliphatic heterocycles. The minimum atomic E-state index is 0.437. The fourth-order valence-corrected chi connectivity index (χ4v) is 2.27. The molecule has 0 bridgehead atoms. The monoisotopic (exact) mass is 290 g/mol. The highest BCUT2D eigenvalue weighted by Gasteiger charge is 2.15. The second-order valence-electron chi connectivity index (χ2n) is 3.54. The molecule has 0 radical (unpaired) electrons. The van der Waals surface area contributed by atoms with Gasteiger partial charge in [0.05, 0.1) is 0 Å². The van der Waals surface area contributed by atoms with E-state index in [-0.39, 0.29) is 0 Å². The van der Waals surface area contributed by atoms with Crippen molar-refractivity contribution >= 4 is 27.5 Å². The van der Waals surface area contributed by atoms with Gasteiger partial charge < -0.3 is 10.1 Å². The molecule has 0 spiro atoms. The van der Waals surface area contributed by atoms with Gasteiger partial charge in [-0.1, -0.05) is 11.6 Å². The highest BCUT2D eigenvalue weighted by molar-refractivity contribution is 9.10. The highest BCUT2D eigenvalue weighted by Crippen LogP contribution is 2.25. The van der Waals surface area contributed by atoms with Crippen LogP contribution in [0.1, 0.15) is 12.8 Å². The van der Waals surface area contributed by atoms with E-state index in [1.54, 1.807) is 12.3 Å². The van der Waals surface area contributed by atoms with Gasteiger partial charge in [0.15, 0.2) is 0 Å². The van der Waals surface area contributed by atoms with Gasteiger partial charge in [0, 0.05) is 16.7 Å². The van der Waals surface area contributed by atoms with E-state index in [1.807, 2.05) is 0 Å². The highest BCUT2D eigenvalue weighted by atomic mass is 79.9. The number of hydrogen-bond donors (Lipinski definition) is 1. The first-order chi connectivity index (χ1) is 7.25. The van der Waals surface area contributed by atoms with E-state index in [0.717, 1.165) is 17.4 Å². The Hall–Kier alpha value is -0.320. The number of aromatic nitrogens is 1. The van der Waals surface area contributed by atoms with E-state index in [2.05, 4.69) is 26.2 Å². The van der Waals surface area contributed by atoms with Crippen LogP contribution in [0.3, 0.4) is 0 Å². The quantitative estimate of drug-likeness (QED) is 0.929. The van der Waals surface area contributed by atoms with Gasteiger partial charge in [-0.15, -0.1) is 0 Å². The fraction of sp³-hybridized carbons (Fsp3) is 0.500. The topological polar surface area (TPSA) is 34.1 Å². The van der Waals surface area contributed by atoms with Crippen molar-refractivity contribution in [3.8, 4) is 5.88 Å². The Kier molecular flexibility index (Phi) is 3.83. The molecule has 3 nitrogen and oxygen atoms in total. The first-order valence-corrected chi connectivity index (χ1v) is 6.10. The van der Waals surface area contributed by atoms with Gasteiger partial charge in [-0.2, -0.15) is 0 Å². The largest absolute Gasteiger partial charge is 0.475 e. The predicted octanol–water partition coefficient (Wildman–Crippen LogP) is 2.63. The van der Waals surface area contributed by atoms with Crippen LogP contribution in [-0.4, -0.2) is 24.2 Å². The number of ether oxygens (including phenoxy) is 1. The predicted molar refractivity (Wildman–Crippen MR) is 63.5 cm³/mol. The third kappa shape index (κ3) is 3.06. The Labute approximate surface area is 102 Å². The first-order valence-electron chi connectivity index (χ1n) is 4.93. The second kappa shape index (κ2) is 5.14. The van der Waals surface area contributed by atoms with Gasteiger partial charge >= 0.3 is 0 Å². The van der Waals surface area contributed by atoms with E-state index in [4.69, 9.17) is 16.3 Å². The standard InChI is InChI=1S/C10H12BrClN2O/c11-7-4-9(12)10(14-5-7)15-6-8-2-1-3-13-8/h4-5,8,13H,1-3,6H2. The smallest absolute Gasteiger partial charge is 0.232 e. The number of halogens is 2. The summed E-state index contributed by atoms with van der Waals surface area (Å²) >= 11 is 9.28. The van der Waals surface area contributed by atoms with Gasteiger partial charge in [-0.25, -0.2) is 4.98 Å². The SMILES string of the molecule is Clc1cc(Br)cnc1OCC1CCCN1. The average molecular weight is 292 g/mol. The third-order valence-electron chi connectivity index (χ3n) is 2.36. The molecule has 2 heterocycles. The maximum Gasteiger partial charge on any atom is 0.232 e. The molecule has 0 aromatic carbocycles. The average Bonchev–Trinajstić information content (AvgIpc) is 2.69. The maximum atomic E-state index is 5.98.